The number of hydrogen-bond donors (Lipinski definition) is 1. The van der Waals surface area contributed by atoms with Crippen LogP contribution < -0.4 is 4.74 Å². The van der Waals surface area contributed by atoms with Crippen molar-refractivity contribution in [3.05, 3.63) is 22.3 Å². The van der Waals surface area contributed by atoms with Crippen molar-refractivity contribution in [1.82, 2.24) is 0 Å². The van der Waals surface area contributed by atoms with Gasteiger partial charge in [0.25, 0.3) is 0 Å². The number of benzene rings is 1. The van der Waals surface area contributed by atoms with Gasteiger partial charge in [0.2, 0.25) is 0 Å². The zero-order chi connectivity index (χ0) is 14.1. The lowest BCUT2D eigenvalue weighted by atomic mass is 9.84. The van der Waals surface area contributed by atoms with Gasteiger partial charge in [0, 0.05) is 11.5 Å². The van der Waals surface area contributed by atoms with E-state index in [1.54, 1.807) is 0 Å². The third-order valence-electron chi connectivity index (χ3n) is 4.98. The minimum atomic E-state index is -0.436. The molecule has 3 heteroatoms. The maximum atomic E-state index is 12.5. The monoisotopic (exact) mass is 260 g/mol. The summed E-state index contributed by atoms with van der Waals surface area (Å²) in [5, 5.41) is 10.2. The van der Waals surface area contributed by atoms with E-state index in [4.69, 9.17) is 4.74 Å². The average Bonchev–Trinajstić information content (AvgIpc) is 2.76. The van der Waals surface area contributed by atoms with Crippen LogP contribution >= 0.6 is 0 Å². The third-order valence-corrected chi connectivity index (χ3v) is 4.98. The number of hydrogen-bond acceptors (Lipinski definition) is 3. The highest BCUT2D eigenvalue weighted by Gasteiger charge is 2.57. The first-order chi connectivity index (χ1) is 8.78. The SMILES string of the molecule is Cc1c(C)c2c(c(C)c1O)[C@H]1C(=O)C(C)CC1(C)O2. The molecule has 19 heavy (non-hydrogen) atoms. The Hall–Kier alpha value is -1.51. The first kappa shape index (κ1) is 12.5. The highest BCUT2D eigenvalue weighted by molar-refractivity contribution is 5.94. The summed E-state index contributed by atoms with van der Waals surface area (Å²) in [6.45, 7) is 9.70. The summed E-state index contributed by atoms with van der Waals surface area (Å²) >= 11 is 0. The fourth-order valence-corrected chi connectivity index (χ4v) is 3.80. The minimum Gasteiger partial charge on any atom is -0.507 e. The smallest absolute Gasteiger partial charge is 0.147 e. The standard InChI is InChI=1S/C16H20O3/c1-7-6-16(5)12(13(7)17)11-10(4)14(18)8(2)9(3)15(11)19-16/h7,12,18H,6H2,1-5H3/t7?,12-,16?/m0/s1. The normalized spacial score (nSPS) is 32.2. The number of aromatic hydroxyl groups is 1. The van der Waals surface area contributed by atoms with Crippen LogP contribution in [0.4, 0.5) is 0 Å². The van der Waals surface area contributed by atoms with Gasteiger partial charge in [0.1, 0.15) is 22.9 Å². The Kier molecular flexibility index (Phi) is 2.32. The lowest BCUT2D eigenvalue weighted by Crippen LogP contribution is -2.31. The number of carbonyl (C=O) groups excluding carboxylic acids is 1. The highest BCUT2D eigenvalue weighted by Crippen LogP contribution is 2.57. The Labute approximate surface area is 113 Å². The van der Waals surface area contributed by atoms with E-state index in [1.807, 2.05) is 34.6 Å². The summed E-state index contributed by atoms with van der Waals surface area (Å²) in [5.41, 5.74) is 3.08. The van der Waals surface area contributed by atoms with E-state index in [-0.39, 0.29) is 17.6 Å². The molecule has 1 fully saturated rings. The molecule has 102 valence electrons. The van der Waals surface area contributed by atoms with E-state index >= 15 is 0 Å². The number of Topliss-reactive ketones (excluding diaryl/α,β-unsaturated/α-hetero) is 1. The molecule has 0 saturated heterocycles. The predicted octanol–water partition coefficient (Wildman–Crippen LogP) is 3.16. The Balaban J connectivity index is 2.30. The molecular formula is C16H20O3. The number of phenolic OH excluding ortho intramolecular Hbond substituents is 1. The molecule has 1 aliphatic heterocycles. The molecule has 0 bridgehead atoms. The molecule has 0 amide bonds. The molecule has 2 aliphatic rings. The van der Waals surface area contributed by atoms with Gasteiger partial charge in [-0.15, -0.1) is 0 Å². The molecule has 0 radical (unpaired) electrons. The van der Waals surface area contributed by atoms with Gasteiger partial charge in [-0.1, -0.05) is 6.92 Å². The van der Waals surface area contributed by atoms with Crippen molar-refractivity contribution >= 4 is 5.78 Å². The van der Waals surface area contributed by atoms with Crippen LogP contribution in [0.5, 0.6) is 11.5 Å². The van der Waals surface area contributed by atoms with Crippen LogP contribution in [0.15, 0.2) is 0 Å². The van der Waals surface area contributed by atoms with Gasteiger partial charge in [-0.25, -0.2) is 0 Å². The summed E-state index contributed by atoms with van der Waals surface area (Å²) in [6.07, 6.45) is 0.754. The molecule has 1 saturated carbocycles. The van der Waals surface area contributed by atoms with Crippen LogP contribution in [0.1, 0.15) is 48.4 Å². The van der Waals surface area contributed by atoms with Crippen molar-refractivity contribution in [2.75, 3.05) is 0 Å². The Morgan fingerprint density at radius 1 is 1.21 bits per heavy atom. The van der Waals surface area contributed by atoms with Crippen LogP contribution in [0.2, 0.25) is 0 Å². The molecule has 3 nitrogen and oxygen atoms in total. The molecule has 1 N–H and O–H groups in total. The fraction of sp³-hybridized carbons (Fsp3) is 0.562. The van der Waals surface area contributed by atoms with Crippen molar-refractivity contribution in [2.45, 2.75) is 52.6 Å². The van der Waals surface area contributed by atoms with E-state index < -0.39 is 5.60 Å². The van der Waals surface area contributed by atoms with Crippen LogP contribution in [-0.4, -0.2) is 16.5 Å². The van der Waals surface area contributed by atoms with E-state index in [9.17, 15) is 9.90 Å². The summed E-state index contributed by atoms with van der Waals surface area (Å²) in [7, 11) is 0. The fourth-order valence-electron chi connectivity index (χ4n) is 3.80. The largest absolute Gasteiger partial charge is 0.507 e. The van der Waals surface area contributed by atoms with Gasteiger partial charge in [0.15, 0.2) is 0 Å². The number of fused-ring (bicyclic) bond motifs is 3. The van der Waals surface area contributed by atoms with Crippen molar-refractivity contribution in [2.24, 2.45) is 5.92 Å². The van der Waals surface area contributed by atoms with Crippen molar-refractivity contribution in [3.63, 3.8) is 0 Å². The topological polar surface area (TPSA) is 46.5 Å². The zero-order valence-corrected chi connectivity index (χ0v) is 12.1. The first-order valence-electron chi connectivity index (χ1n) is 6.83. The Bertz CT molecular complexity index is 603. The number of phenols is 1. The number of rotatable bonds is 0. The Morgan fingerprint density at radius 3 is 2.47 bits per heavy atom. The van der Waals surface area contributed by atoms with Crippen molar-refractivity contribution in [1.29, 1.82) is 0 Å². The van der Waals surface area contributed by atoms with Gasteiger partial charge in [-0.2, -0.15) is 0 Å². The molecule has 1 aromatic rings. The molecule has 0 spiro atoms. The zero-order valence-electron chi connectivity index (χ0n) is 12.1. The molecule has 1 aromatic carbocycles. The number of ketones is 1. The lowest BCUT2D eigenvalue weighted by molar-refractivity contribution is -0.122. The molecule has 3 rings (SSSR count). The second kappa shape index (κ2) is 3.53. The van der Waals surface area contributed by atoms with Gasteiger partial charge in [0.05, 0.1) is 5.92 Å². The summed E-state index contributed by atoms with van der Waals surface area (Å²) in [6, 6.07) is 0. The van der Waals surface area contributed by atoms with Gasteiger partial charge in [-0.05, 0) is 50.8 Å². The van der Waals surface area contributed by atoms with Gasteiger partial charge in [-0.3, -0.25) is 4.79 Å². The highest BCUT2D eigenvalue weighted by atomic mass is 16.5. The second-order valence-corrected chi connectivity index (χ2v) is 6.32. The molecule has 1 aliphatic carbocycles. The first-order valence-corrected chi connectivity index (χ1v) is 6.83. The van der Waals surface area contributed by atoms with E-state index in [2.05, 4.69) is 0 Å². The van der Waals surface area contributed by atoms with Crippen LogP contribution in [-0.2, 0) is 4.79 Å². The van der Waals surface area contributed by atoms with E-state index in [0.29, 0.717) is 5.75 Å². The lowest BCUT2D eigenvalue weighted by Gasteiger charge is -2.22. The quantitative estimate of drug-likeness (QED) is 0.779. The second-order valence-electron chi connectivity index (χ2n) is 6.32. The minimum absolute atomic E-state index is 0.0336. The number of carbonyl (C=O) groups is 1. The van der Waals surface area contributed by atoms with Crippen molar-refractivity contribution in [3.8, 4) is 11.5 Å². The third kappa shape index (κ3) is 1.36. The molecule has 0 aromatic heterocycles. The van der Waals surface area contributed by atoms with E-state index in [0.717, 1.165) is 34.4 Å². The van der Waals surface area contributed by atoms with Crippen LogP contribution in [0.25, 0.3) is 0 Å². The van der Waals surface area contributed by atoms with Crippen LogP contribution in [0.3, 0.4) is 0 Å². The molecular weight excluding hydrogens is 240 g/mol. The van der Waals surface area contributed by atoms with Gasteiger partial charge >= 0.3 is 0 Å². The maximum Gasteiger partial charge on any atom is 0.147 e. The molecule has 3 atom stereocenters. The Morgan fingerprint density at radius 2 is 1.84 bits per heavy atom. The molecule has 1 heterocycles. The van der Waals surface area contributed by atoms with Crippen LogP contribution in [0, 0.1) is 26.7 Å². The summed E-state index contributed by atoms with van der Waals surface area (Å²) < 4.78 is 6.17. The van der Waals surface area contributed by atoms with E-state index in [1.165, 1.54) is 0 Å². The average molecular weight is 260 g/mol. The predicted molar refractivity (Wildman–Crippen MR) is 72.9 cm³/mol. The van der Waals surface area contributed by atoms with Crippen molar-refractivity contribution < 1.29 is 14.6 Å². The molecule has 2 unspecified atom stereocenters. The van der Waals surface area contributed by atoms with Gasteiger partial charge < -0.3 is 9.84 Å². The summed E-state index contributed by atoms with van der Waals surface area (Å²) in [4.78, 5) is 12.5. The summed E-state index contributed by atoms with van der Waals surface area (Å²) in [5.74, 6) is 1.18. The maximum absolute atomic E-state index is 12.5. The number of ether oxygens (including phenoxy) is 1.